The van der Waals surface area contributed by atoms with Crippen molar-refractivity contribution in [2.45, 2.75) is 20.4 Å². The minimum absolute atomic E-state index is 0.164. The summed E-state index contributed by atoms with van der Waals surface area (Å²) in [5.41, 5.74) is 6.18. The summed E-state index contributed by atoms with van der Waals surface area (Å²) in [6.45, 7) is 4.59. The van der Waals surface area contributed by atoms with Crippen LogP contribution in [0, 0.1) is 13.8 Å². The van der Waals surface area contributed by atoms with Gasteiger partial charge in [0, 0.05) is 11.3 Å². The van der Waals surface area contributed by atoms with Gasteiger partial charge in [0.15, 0.2) is 0 Å². The molecule has 6 heteroatoms. The van der Waals surface area contributed by atoms with Crippen molar-refractivity contribution in [2.75, 3.05) is 12.4 Å². The van der Waals surface area contributed by atoms with Crippen molar-refractivity contribution in [3.8, 4) is 5.75 Å². The Morgan fingerprint density at radius 2 is 1.90 bits per heavy atom. The molecule has 0 saturated carbocycles. The average molecular weight is 386 g/mol. The van der Waals surface area contributed by atoms with Crippen LogP contribution in [0.2, 0.25) is 0 Å². The van der Waals surface area contributed by atoms with Crippen LogP contribution in [0.15, 0.2) is 60.7 Å². The Labute approximate surface area is 169 Å². The van der Waals surface area contributed by atoms with Gasteiger partial charge in [-0.05, 0) is 66.9 Å². The van der Waals surface area contributed by atoms with Gasteiger partial charge < -0.3 is 10.1 Å². The maximum Gasteiger partial charge on any atom is 0.255 e. The summed E-state index contributed by atoms with van der Waals surface area (Å²) in [5, 5.41) is 11.5. The topological polar surface area (TPSA) is 69.0 Å². The van der Waals surface area contributed by atoms with Gasteiger partial charge in [-0.2, -0.15) is 0 Å². The van der Waals surface area contributed by atoms with Gasteiger partial charge in [-0.25, -0.2) is 4.68 Å². The molecule has 4 rings (SSSR count). The summed E-state index contributed by atoms with van der Waals surface area (Å²) >= 11 is 0. The number of nitrogens with zero attached hydrogens (tertiary/aromatic N) is 3. The summed E-state index contributed by atoms with van der Waals surface area (Å²) in [6.07, 6.45) is 0. The Bertz CT molecular complexity index is 1200. The number of nitrogens with one attached hydrogen (secondary N) is 1. The average Bonchev–Trinajstić information content (AvgIpc) is 3.13. The Balaban J connectivity index is 1.57. The molecule has 0 bridgehead atoms. The molecule has 0 aliphatic rings. The summed E-state index contributed by atoms with van der Waals surface area (Å²) in [6, 6.07) is 19.2. The number of aromatic nitrogens is 3. The lowest BCUT2D eigenvalue weighted by Crippen LogP contribution is -2.13. The zero-order chi connectivity index (χ0) is 20.4. The van der Waals surface area contributed by atoms with E-state index in [1.165, 1.54) is 0 Å². The van der Waals surface area contributed by atoms with Gasteiger partial charge in [0.1, 0.15) is 11.3 Å². The van der Waals surface area contributed by atoms with E-state index in [9.17, 15) is 4.79 Å². The summed E-state index contributed by atoms with van der Waals surface area (Å²) in [4.78, 5) is 12.7. The molecule has 0 spiro atoms. The van der Waals surface area contributed by atoms with Crippen LogP contribution in [0.1, 0.15) is 27.0 Å². The number of carbonyl (C=O) groups is 1. The molecule has 0 saturated heterocycles. The van der Waals surface area contributed by atoms with Crippen LogP contribution in [0.3, 0.4) is 0 Å². The highest BCUT2D eigenvalue weighted by Gasteiger charge is 2.12. The fourth-order valence-corrected chi connectivity index (χ4v) is 3.25. The molecular formula is C23H22N4O2. The van der Waals surface area contributed by atoms with E-state index < -0.39 is 0 Å². The predicted molar refractivity (Wildman–Crippen MR) is 113 cm³/mol. The Kier molecular flexibility index (Phi) is 4.99. The van der Waals surface area contributed by atoms with Gasteiger partial charge in [0.2, 0.25) is 0 Å². The number of aryl methyl sites for hydroxylation is 1. The molecule has 0 aliphatic carbocycles. The van der Waals surface area contributed by atoms with Gasteiger partial charge in [-0.1, -0.05) is 29.5 Å². The third kappa shape index (κ3) is 3.82. The van der Waals surface area contributed by atoms with E-state index in [0.717, 1.165) is 33.6 Å². The molecule has 6 nitrogen and oxygen atoms in total. The van der Waals surface area contributed by atoms with Crippen LogP contribution in [0.25, 0.3) is 11.0 Å². The van der Waals surface area contributed by atoms with Crippen molar-refractivity contribution in [3.63, 3.8) is 0 Å². The lowest BCUT2D eigenvalue weighted by molar-refractivity contribution is 0.102. The Morgan fingerprint density at radius 1 is 1.07 bits per heavy atom. The molecule has 0 radical (unpaired) electrons. The fraction of sp³-hybridized carbons (Fsp3) is 0.174. The molecule has 1 N–H and O–H groups in total. The maximum atomic E-state index is 12.7. The smallest absolute Gasteiger partial charge is 0.255 e. The van der Waals surface area contributed by atoms with Crippen LogP contribution < -0.4 is 10.1 Å². The number of fused-ring (bicyclic) bond motifs is 1. The van der Waals surface area contributed by atoms with Crippen molar-refractivity contribution < 1.29 is 9.53 Å². The maximum absolute atomic E-state index is 12.7. The second-order valence-corrected chi connectivity index (χ2v) is 7.00. The standard InChI is InChI=1S/C23H22N4O2/c1-15-6-4-9-20(16(15)2)24-23(28)18-10-11-22-21(13-18)25-26-27(22)14-17-7-5-8-19(12-17)29-3/h4-13H,14H2,1-3H3,(H,24,28). The zero-order valence-corrected chi connectivity index (χ0v) is 16.6. The van der Waals surface area contributed by atoms with E-state index in [1.807, 2.05) is 67.1 Å². The van der Waals surface area contributed by atoms with E-state index >= 15 is 0 Å². The first kappa shape index (κ1) is 18.7. The molecule has 3 aromatic carbocycles. The highest BCUT2D eigenvalue weighted by molar-refractivity contribution is 6.06. The number of anilines is 1. The van der Waals surface area contributed by atoms with Gasteiger partial charge in [-0.15, -0.1) is 5.10 Å². The summed E-state index contributed by atoms with van der Waals surface area (Å²) < 4.78 is 7.09. The number of amides is 1. The van der Waals surface area contributed by atoms with Crippen LogP contribution in [-0.4, -0.2) is 28.0 Å². The van der Waals surface area contributed by atoms with Crippen LogP contribution >= 0.6 is 0 Å². The number of methoxy groups -OCH3 is 1. The van der Waals surface area contributed by atoms with Crippen LogP contribution in [0.5, 0.6) is 5.75 Å². The molecule has 0 unspecified atom stereocenters. The first-order valence-electron chi connectivity index (χ1n) is 9.39. The minimum Gasteiger partial charge on any atom is -0.497 e. The van der Waals surface area contributed by atoms with E-state index in [0.29, 0.717) is 17.6 Å². The summed E-state index contributed by atoms with van der Waals surface area (Å²) in [5.74, 6) is 0.639. The lowest BCUT2D eigenvalue weighted by atomic mass is 10.1. The van der Waals surface area contributed by atoms with Gasteiger partial charge in [0.05, 0.1) is 19.2 Å². The second kappa shape index (κ2) is 7.75. The van der Waals surface area contributed by atoms with Crippen LogP contribution in [-0.2, 0) is 6.54 Å². The SMILES string of the molecule is COc1cccc(Cn2nnc3cc(C(=O)Nc4cccc(C)c4C)ccc32)c1. The molecule has 0 aliphatic heterocycles. The number of hydrogen-bond donors (Lipinski definition) is 1. The van der Waals surface area contributed by atoms with Crippen molar-refractivity contribution in [1.82, 2.24) is 15.0 Å². The number of rotatable bonds is 5. The second-order valence-electron chi connectivity index (χ2n) is 7.00. The third-order valence-electron chi connectivity index (χ3n) is 5.10. The Hall–Kier alpha value is -3.67. The molecule has 1 aromatic heterocycles. The lowest BCUT2D eigenvalue weighted by Gasteiger charge is -2.10. The van der Waals surface area contributed by atoms with Gasteiger partial charge in [-0.3, -0.25) is 4.79 Å². The number of carbonyl (C=O) groups excluding carboxylic acids is 1. The van der Waals surface area contributed by atoms with E-state index in [1.54, 1.807) is 19.2 Å². The van der Waals surface area contributed by atoms with Crippen molar-refractivity contribution in [2.24, 2.45) is 0 Å². The molecule has 4 aromatic rings. The molecular weight excluding hydrogens is 364 g/mol. The number of benzene rings is 3. The van der Waals surface area contributed by atoms with Gasteiger partial charge in [0.25, 0.3) is 5.91 Å². The predicted octanol–water partition coefficient (Wildman–Crippen LogP) is 4.36. The largest absolute Gasteiger partial charge is 0.497 e. The minimum atomic E-state index is -0.164. The summed E-state index contributed by atoms with van der Waals surface area (Å²) in [7, 11) is 1.65. The monoisotopic (exact) mass is 386 g/mol. The fourth-order valence-electron chi connectivity index (χ4n) is 3.25. The van der Waals surface area contributed by atoms with Crippen molar-refractivity contribution in [3.05, 3.63) is 82.9 Å². The number of ether oxygens (including phenoxy) is 1. The molecule has 1 heterocycles. The molecule has 146 valence electrons. The van der Waals surface area contributed by atoms with Gasteiger partial charge >= 0.3 is 0 Å². The van der Waals surface area contributed by atoms with E-state index in [4.69, 9.17) is 4.74 Å². The van der Waals surface area contributed by atoms with Crippen molar-refractivity contribution >= 4 is 22.6 Å². The highest BCUT2D eigenvalue weighted by Crippen LogP contribution is 2.21. The Morgan fingerprint density at radius 3 is 2.72 bits per heavy atom. The number of hydrogen-bond acceptors (Lipinski definition) is 4. The first-order chi connectivity index (χ1) is 14.0. The normalized spacial score (nSPS) is 10.9. The zero-order valence-electron chi connectivity index (χ0n) is 16.6. The quantitative estimate of drug-likeness (QED) is 0.553. The van der Waals surface area contributed by atoms with E-state index in [2.05, 4.69) is 15.6 Å². The molecule has 0 fully saturated rings. The van der Waals surface area contributed by atoms with Crippen molar-refractivity contribution in [1.29, 1.82) is 0 Å². The highest BCUT2D eigenvalue weighted by atomic mass is 16.5. The molecule has 0 atom stereocenters. The van der Waals surface area contributed by atoms with Crippen LogP contribution in [0.4, 0.5) is 5.69 Å². The molecule has 1 amide bonds. The molecule has 29 heavy (non-hydrogen) atoms. The van der Waals surface area contributed by atoms with E-state index in [-0.39, 0.29) is 5.91 Å². The first-order valence-corrected chi connectivity index (χ1v) is 9.39. The third-order valence-corrected chi connectivity index (χ3v) is 5.10.